The molecular formula is C32H26N4O6. The smallest absolute Gasteiger partial charge is 0.253 e. The zero-order chi connectivity index (χ0) is 28.9. The summed E-state index contributed by atoms with van der Waals surface area (Å²) in [5.74, 6) is -2.47. The van der Waals surface area contributed by atoms with Gasteiger partial charge in [0.15, 0.2) is 0 Å². The molecule has 210 valence electrons. The van der Waals surface area contributed by atoms with Crippen LogP contribution in [0.15, 0.2) is 94.2 Å². The van der Waals surface area contributed by atoms with Crippen LogP contribution in [0.2, 0.25) is 0 Å². The van der Waals surface area contributed by atoms with Crippen molar-refractivity contribution in [3.05, 3.63) is 108 Å². The summed E-state index contributed by atoms with van der Waals surface area (Å²) in [7, 11) is 0. The van der Waals surface area contributed by atoms with Crippen LogP contribution in [-0.2, 0) is 19.2 Å². The molecule has 4 aliphatic heterocycles. The second kappa shape index (κ2) is 8.85. The minimum atomic E-state index is -0.971. The third-order valence-electron chi connectivity index (χ3n) is 8.91. The van der Waals surface area contributed by atoms with E-state index in [9.17, 15) is 19.2 Å². The van der Waals surface area contributed by atoms with Crippen LogP contribution in [-0.4, -0.2) is 45.7 Å². The second-order valence-electron chi connectivity index (χ2n) is 11.3. The summed E-state index contributed by atoms with van der Waals surface area (Å²) in [6, 6.07) is 17.9. The highest BCUT2D eigenvalue weighted by molar-refractivity contribution is 6.26. The quantitative estimate of drug-likeness (QED) is 0.345. The van der Waals surface area contributed by atoms with E-state index in [1.807, 2.05) is 26.0 Å². The number of carbonyl (C=O) groups excluding carboxylic acids is 4. The average molecular weight is 563 g/mol. The van der Waals surface area contributed by atoms with Gasteiger partial charge in [-0.15, -0.1) is 0 Å². The van der Waals surface area contributed by atoms with Gasteiger partial charge in [0.25, 0.3) is 11.8 Å². The van der Waals surface area contributed by atoms with E-state index >= 15 is 0 Å². The highest BCUT2D eigenvalue weighted by Crippen LogP contribution is 2.59. The number of hydrogen-bond acceptors (Lipinski definition) is 8. The molecule has 4 amide bonds. The van der Waals surface area contributed by atoms with Gasteiger partial charge in [-0.25, -0.2) is 19.8 Å². The van der Waals surface area contributed by atoms with Gasteiger partial charge in [0, 0.05) is 0 Å². The highest BCUT2D eigenvalue weighted by Gasteiger charge is 2.74. The van der Waals surface area contributed by atoms with E-state index in [0.29, 0.717) is 22.9 Å². The average Bonchev–Trinajstić information content (AvgIpc) is 3.79. The van der Waals surface area contributed by atoms with E-state index < -0.39 is 47.8 Å². The molecule has 0 spiro atoms. The highest BCUT2D eigenvalue weighted by atomic mass is 16.3. The van der Waals surface area contributed by atoms with Crippen LogP contribution >= 0.6 is 0 Å². The lowest BCUT2D eigenvalue weighted by Gasteiger charge is -2.34. The molecule has 0 bridgehead atoms. The van der Waals surface area contributed by atoms with Crippen molar-refractivity contribution in [2.24, 2.45) is 11.8 Å². The Morgan fingerprint density at radius 1 is 0.524 bits per heavy atom. The van der Waals surface area contributed by atoms with E-state index in [2.05, 4.69) is 0 Å². The molecule has 10 heteroatoms. The molecule has 10 nitrogen and oxygen atoms in total. The number of imide groups is 2. The Balaban J connectivity index is 1.31. The summed E-state index contributed by atoms with van der Waals surface area (Å²) in [5.41, 5.74) is 2.78. The third-order valence-corrected chi connectivity index (χ3v) is 8.91. The molecule has 42 heavy (non-hydrogen) atoms. The molecule has 4 fully saturated rings. The maximum Gasteiger partial charge on any atom is 0.253 e. The Kier molecular flexibility index (Phi) is 5.26. The van der Waals surface area contributed by atoms with Crippen LogP contribution in [0.3, 0.4) is 0 Å². The predicted molar refractivity (Wildman–Crippen MR) is 148 cm³/mol. The zero-order valence-corrected chi connectivity index (χ0v) is 22.8. The van der Waals surface area contributed by atoms with E-state index in [0.717, 1.165) is 11.1 Å². The van der Waals surface area contributed by atoms with Crippen LogP contribution in [0.4, 0.5) is 11.4 Å². The first kappa shape index (κ1) is 25.0. The summed E-state index contributed by atoms with van der Waals surface area (Å²) in [6.45, 7) is 3.79. The van der Waals surface area contributed by atoms with Gasteiger partial charge in [-0.05, 0) is 73.5 Å². The Labute approximate surface area is 240 Å². The lowest BCUT2D eigenvalue weighted by molar-refractivity contribution is -0.136. The summed E-state index contributed by atoms with van der Waals surface area (Å²) < 4.78 is 11.7. The number of anilines is 2. The number of benzene rings is 2. The van der Waals surface area contributed by atoms with Gasteiger partial charge in [-0.1, -0.05) is 24.3 Å². The third kappa shape index (κ3) is 3.21. The minimum absolute atomic E-state index is 0.381. The molecule has 0 radical (unpaired) electrons. The summed E-state index contributed by atoms with van der Waals surface area (Å²) in [5, 5.41) is 3.51. The fourth-order valence-electron chi connectivity index (χ4n) is 7.35. The molecule has 8 rings (SSSR count). The molecular weight excluding hydrogens is 536 g/mol. The van der Waals surface area contributed by atoms with Gasteiger partial charge in [-0.2, -0.15) is 0 Å². The molecule has 6 atom stereocenters. The van der Waals surface area contributed by atoms with E-state index in [4.69, 9.17) is 8.83 Å². The van der Waals surface area contributed by atoms with Crippen molar-refractivity contribution in [2.45, 2.75) is 38.0 Å². The van der Waals surface area contributed by atoms with Crippen molar-refractivity contribution in [1.29, 1.82) is 0 Å². The molecule has 0 unspecified atom stereocenters. The van der Waals surface area contributed by atoms with E-state index in [-0.39, 0.29) is 11.8 Å². The first-order valence-electron chi connectivity index (χ1n) is 13.9. The maximum atomic E-state index is 14.3. The summed E-state index contributed by atoms with van der Waals surface area (Å²) in [6.07, 6.45) is 3.01. The molecule has 0 N–H and O–H groups in total. The summed E-state index contributed by atoms with van der Waals surface area (Å²) >= 11 is 0. The Bertz CT molecular complexity index is 1640. The molecule has 4 aliphatic rings. The lowest BCUT2D eigenvalue weighted by Crippen LogP contribution is -2.50. The second-order valence-corrected chi connectivity index (χ2v) is 11.3. The van der Waals surface area contributed by atoms with E-state index in [1.165, 1.54) is 22.3 Å². The molecule has 0 aliphatic carbocycles. The Morgan fingerprint density at radius 2 is 0.952 bits per heavy atom. The largest absolute Gasteiger partial charge is 0.468 e. The van der Waals surface area contributed by atoms with Gasteiger partial charge in [-0.3, -0.25) is 19.2 Å². The number of nitrogens with zero attached hydrogens (tertiary/aromatic N) is 4. The van der Waals surface area contributed by atoms with Crippen molar-refractivity contribution < 1.29 is 28.0 Å². The van der Waals surface area contributed by atoms with Gasteiger partial charge >= 0.3 is 0 Å². The topological polar surface area (TPSA) is 108 Å². The van der Waals surface area contributed by atoms with E-state index in [1.54, 1.807) is 70.7 Å². The molecule has 2 aromatic heterocycles. The van der Waals surface area contributed by atoms with Gasteiger partial charge in [0.2, 0.25) is 11.8 Å². The normalized spacial score (nSPS) is 29.1. The first-order valence-corrected chi connectivity index (χ1v) is 13.9. The maximum absolute atomic E-state index is 14.3. The van der Waals surface area contributed by atoms with Crippen molar-refractivity contribution in [3.63, 3.8) is 0 Å². The number of furan rings is 2. The van der Waals surface area contributed by atoms with Crippen LogP contribution < -0.4 is 9.80 Å². The fraction of sp³-hybridized carbons (Fsp3) is 0.250. The lowest BCUT2D eigenvalue weighted by atomic mass is 9.87. The van der Waals surface area contributed by atoms with Gasteiger partial charge in [0.1, 0.15) is 23.6 Å². The number of hydrogen-bond donors (Lipinski definition) is 0. The van der Waals surface area contributed by atoms with Crippen molar-refractivity contribution in [3.8, 4) is 0 Å². The monoisotopic (exact) mass is 562 g/mol. The standard InChI is InChI=1S/C32H26N4O6/c1-17-7-3-9-19(15-17)33-29(37)23-25(21-11-5-13-41-21)36-28-24(26(22-12-6-14-42-22)35(36)27(23)31(33)39)30(38)34(32(28)40)20-10-4-8-18(2)16-20/h3-16,23-28H,1-2H3/t23-,24-,25-,26+,27+,28-/m0/s1. The van der Waals surface area contributed by atoms with Crippen LogP contribution in [0.5, 0.6) is 0 Å². The molecule has 2 aromatic carbocycles. The van der Waals surface area contributed by atoms with Crippen molar-refractivity contribution in [1.82, 2.24) is 10.0 Å². The molecule has 0 saturated carbocycles. The Morgan fingerprint density at radius 3 is 1.31 bits per heavy atom. The van der Waals surface area contributed by atoms with Crippen LogP contribution in [0.25, 0.3) is 0 Å². The van der Waals surface area contributed by atoms with Gasteiger partial charge < -0.3 is 8.83 Å². The van der Waals surface area contributed by atoms with Crippen LogP contribution in [0, 0.1) is 25.7 Å². The van der Waals surface area contributed by atoms with Gasteiger partial charge in [0.05, 0.1) is 47.8 Å². The first-order chi connectivity index (χ1) is 20.4. The molecule has 4 saturated heterocycles. The zero-order valence-electron chi connectivity index (χ0n) is 22.8. The van der Waals surface area contributed by atoms with Crippen molar-refractivity contribution >= 4 is 35.0 Å². The Hall–Kier alpha value is -4.80. The number of amides is 4. The molecule has 4 aromatic rings. The van der Waals surface area contributed by atoms with Crippen molar-refractivity contribution in [2.75, 3.05) is 9.80 Å². The number of hydrazine groups is 1. The predicted octanol–water partition coefficient (Wildman–Crippen LogP) is 3.93. The number of carbonyl (C=O) groups is 4. The minimum Gasteiger partial charge on any atom is -0.468 e. The summed E-state index contributed by atoms with van der Waals surface area (Å²) in [4.78, 5) is 59.5. The number of fused-ring (bicyclic) bond motifs is 5. The van der Waals surface area contributed by atoms with Crippen LogP contribution in [0.1, 0.15) is 34.7 Å². The number of aryl methyl sites for hydroxylation is 2. The number of rotatable bonds is 4. The fourth-order valence-corrected chi connectivity index (χ4v) is 7.35. The SMILES string of the molecule is Cc1cccc(N2C(=O)[C@@H]3[C@@H](C2=O)N2[C@@H](c4ccco4)[C@@H]4C(=O)N(c5cccc(C)c5)C(=O)[C@@H]4N2[C@@H]3c2ccco2)c1. The molecule has 6 heterocycles.